The average molecular weight is 444 g/mol. The van der Waals surface area contributed by atoms with E-state index in [1.807, 2.05) is 30.3 Å². The summed E-state index contributed by atoms with van der Waals surface area (Å²) in [5.74, 6) is -0.516. The maximum Gasteiger partial charge on any atom is 0.240 e. The molecule has 2 N–H and O–H groups in total. The van der Waals surface area contributed by atoms with Gasteiger partial charge in [-0.15, -0.1) is 0 Å². The SMILES string of the molecule is N#CC1(c2ccc(Cl)cc2)CNC(C(=O)N2CCCC2CO)[C@H]1c1cccc(Cl)c1. The van der Waals surface area contributed by atoms with Gasteiger partial charge >= 0.3 is 0 Å². The van der Waals surface area contributed by atoms with Crippen LogP contribution in [0, 0.1) is 11.3 Å². The minimum Gasteiger partial charge on any atom is -0.394 e. The number of carbonyl (C=O) groups excluding carboxylic acids is 1. The van der Waals surface area contributed by atoms with Crippen molar-refractivity contribution in [1.82, 2.24) is 10.2 Å². The number of aliphatic hydroxyl groups excluding tert-OH is 1. The molecule has 2 saturated heterocycles. The molecule has 2 heterocycles. The molecular formula is C23H23Cl2N3O2. The molecule has 156 valence electrons. The predicted octanol–water partition coefficient (Wildman–Crippen LogP) is 3.49. The van der Waals surface area contributed by atoms with Crippen LogP contribution in [0.25, 0.3) is 0 Å². The summed E-state index contributed by atoms with van der Waals surface area (Å²) in [4.78, 5) is 15.3. The van der Waals surface area contributed by atoms with Gasteiger partial charge in [0.05, 0.1) is 24.8 Å². The molecule has 2 fully saturated rings. The van der Waals surface area contributed by atoms with Gasteiger partial charge in [-0.25, -0.2) is 0 Å². The number of nitriles is 1. The molecule has 4 rings (SSSR count). The number of aliphatic hydroxyl groups is 1. The van der Waals surface area contributed by atoms with E-state index in [1.54, 1.807) is 23.1 Å². The average Bonchev–Trinajstić information content (AvgIpc) is 3.39. The van der Waals surface area contributed by atoms with Crippen molar-refractivity contribution in [2.24, 2.45) is 0 Å². The van der Waals surface area contributed by atoms with E-state index in [2.05, 4.69) is 11.4 Å². The van der Waals surface area contributed by atoms with Crippen LogP contribution in [0.4, 0.5) is 0 Å². The summed E-state index contributed by atoms with van der Waals surface area (Å²) in [7, 11) is 0. The number of nitrogens with one attached hydrogen (secondary N) is 1. The first-order chi connectivity index (χ1) is 14.5. The molecule has 7 heteroatoms. The first-order valence-electron chi connectivity index (χ1n) is 10.1. The lowest BCUT2D eigenvalue weighted by molar-refractivity contribution is -0.135. The fourth-order valence-electron chi connectivity index (χ4n) is 4.89. The number of halogens is 2. The highest BCUT2D eigenvalue weighted by molar-refractivity contribution is 6.30. The zero-order valence-electron chi connectivity index (χ0n) is 16.4. The van der Waals surface area contributed by atoms with Crippen LogP contribution in [-0.4, -0.2) is 47.7 Å². The Morgan fingerprint density at radius 3 is 2.67 bits per heavy atom. The molecule has 0 saturated carbocycles. The zero-order chi connectivity index (χ0) is 21.3. The van der Waals surface area contributed by atoms with E-state index in [4.69, 9.17) is 23.2 Å². The van der Waals surface area contributed by atoms with Gasteiger partial charge < -0.3 is 15.3 Å². The summed E-state index contributed by atoms with van der Waals surface area (Å²) < 4.78 is 0. The van der Waals surface area contributed by atoms with Crippen molar-refractivity contribution in [3.05, 3.63) is 69.7 Å². The summed E-state index contributed by atoms with van der Waals surface area (Å²) in [5, 5.41) is 24.6. The molecule has 1 amide bonds. The van der Waals surface area contributed by atoms with Crippen LogP contribution in [0.3, 0.4) is 0 Å². The lowest BCUT2D eigenvalue weighted by Crippen LogP contribution is -2.49. The van der Waals surface area contributed by atoms with E-state index >= 15 is 0 Å². The van der Waals surface area contributed by atoms with Crippen molar-refractivity contribution in [3.63, 3.8) is 0 Å². The van der Waals surface area contributed by atoms with Crippen LogP contribution in [-0.2, 0) is 10.2 Å². The second-order valence-electron chi connectivity index (χ2n) is 7.99. The number of hydrogen-bond acceptors (Lipinski definition) is 4. The minimum absolute atomic E-state index is 0.0547. The van der Waals surface area contributed by atoms with Crippen molar-refractivity contribution in [2.75, 3.05) is 19.7 Å². The number of likely N-dealkylation sites (tertiary alicyclic amines) is 1. The number of hydrogen-bond donors (Lipinski definition) is 2. The number of amides is 1. The van der Waals surface area contributed by atoms with E-state index < -0.39 is 17.4 Å². The second-order valence-corrected chi connectivity index (χ2v) is 8.86. The summed E-state index contributed by atoms with van der Waals surface area (Å²) in [5.41, 5.74) is 0.689. The van der Waals surface area contributed by atoms with Crippen LogP contribution in [0.1, 0.15) is 29.9 Å². The Balaban J connectivity index is 1.80. The molecule has 30 heavy (non-hydrogen) atoms. The Labute approximate surface area is 186 Å². The van der Waals surface area contributed by atoms with E-state index in [0.717, 1.165) is 24.0 Å². The minimum atomic E-state index is -0.954. The standard InChI is InChI=1S/C23H23Cl2N3O2/c24-17-8-6-16(7-9-17)23(13-26)14-27-21(20(23)15-3-1-4-18(25)11-15)22(30)28-10-2-5-19(28)12-29/h1,3-4,6-9,11,19-21,27,29H,2,5,10,12,14H2/t19?,20-,21?,23?/m1/s1. The Morgan fingerprint density at radius 2 is 2.00 bits per heavy atom. The third-order valence-corrected chi connectivity index (χ3v) is 6.86. The van der Waals surface area contributed by atoms with Crippen molar-refractivity contribution in [3.8, 4) is 6.07 Å². The number of carbonyl (C=O) groups is 1. The maximum atomic E-state index is 13.6. The van der Waals surface area contributed by atoms with E-state index in [0.29, 0.717) is 23.1 Å². The topological polar surface area (TPSA) is 76.4 Å². The molecule has 0 aromatic heterocycles. The van der Waals surface area contributed by atoms with Gasteiger partial charge in [0.25, 0.3) is 0 Å². The van der Waals surface area contributed by atoms with E-state index in [-0.39, 0.29) is 18.6 Å². The van der Waals surface area contributed by atoms with Gasteiger partial charge in [-0.05, 0) is 48.2 Å². The molecule has 2 aromatic carbocycles. The molecule has 0 bridgehead atoms. The van der Waals surface area contributed by atoms with E-state index in [1.165, 1.54) is 0 Å². The van der Waals surface area contributed by atoms with Crippen LogP contribution in [0.2, 0.25) is 10.0 Å². The predicted molar refractivity (Wildman–Crippen MR) is 117 cm³/mol. The molecule has 0 spiro atoms. The summed E-state index contributed by atoms with van der Waals surface area (Å²) >= 11 is 12.4. The third-order valence-electron chi connectivity index (χ3n) is 6.37. The van der Waals surface area contributed by atoms with Gasteiger partial charge in [0.2, 0.25) is 5.91 Å². The van der Waals surface area contributed by atoms with Crippen LogP contribution in [0.15, 0.2) is 48.5 Å². The molecular weight excluding hydrogens is 421 g/mol. The Kier molecular flexibility index (Phi) is 6.04. The first-order valence-corrected chi connectivity index (χ1v) is 10.8. The number of rotatable bonds is 4. The van der Waals surface area contributed by atoms with Crippen molar-refractivity contribution in [1.29, 1.82) is 5.26 Å². The first kappa shape index (κ1) is 21.1. The van der Waals surface area contributed by atoms with Gasteiger partial charge in [-0.1, -0.05) is 47.5 Å². The molecule has 3 unspecified atom stereocenters. The van der Waals surface area contributed by atoms with Crippen molar-refractivity contribution < 1.29 is 9.90 Å². The highest BCUT2D eigenvalue weighted by atomic mass is 35.5. The van der Waals surface area contributed by atoms with Crippen molar-refractivity contribution >= 4 is 29.1 Å². The Morgan fingerprint density at radius 1 is 1.23 bits per heavy atom. The monoisotopic (exact) mass is 443 g/mol. The highest BCUT2D eigenvalue weighted by Crippen LogP contribution is 2.46. The fourth-order valence-corrected chi connectivity index (χ4v) is 5.21. The number of benzene rings is 2. The van der Waals surface area contributed by atoms with E-state index in [9.17, 15) is 15.2 Å². The lowest BCUT2D eigenvalue weighted by Gasteiger charge is -2.33. The quantitative estimate of drug-likeness (QED) is 0.757. The van der Waals surface area contributed by atoms with Crippen LogP contribution < -0.4 is 5.32 Å². The molecule has 5 nitrogen and oxygen atoms in total. The van der Waals surface area contributed by atoms with Gasteiger partial charge in [-0.2, -0.15) is 5.26 Å². The molecule has 2 aliphatic heterocycles. The fraction of sp³-hybridized carbons (Fsp3) is 0.391. The van der Waals surface area contributed by atoms with Crippen LogP contribution >= 0.6 is 23.2 Å². The highest BCUT2D eigenvalue weighted by Gasteiger charge is 2.54. The largest absolute Gasteiger partial charge is 0.394 e. The lowest BCUT2D eigenvalue weighted by atomic mass is 9.68. The van der Waals surface area contributed by atoms with Crippen LogP contribution in [0.5, 0.6) is 0 Å². The van der Waals surface area contributed by atoms with Crippen molar-refractivity contribution in [2.45, 2.75) is 36.3 Å². The summed E-state index contributed by atoms with van der Waals surface area (Å²) in [6.07, 6.45) is 1.66. The van der Waals surface area contributed by atoms with Gasteiger partial charge in [0.15, 0.2) is 0 Å². The normalized spacial score (nSPS) is 28.5. The van der Waals surface area contributed by atoms with Gasteiger partial charge in [0, 0.05) is 29.1 Å². The maximum absolute atomic E-state index is 13.6. The molecule has 4 atom stereocenters. The zero-order valence-corrected chi connectivity index (χ0v) is 17.9. The van der Waals surface area contributed by atoms with Gasteiger partial charge in [-0.3, -0.25) is 4.79 Å². The second kappa shape index (κ2) is 8.56. The molecule has 2 aliphatic rings. The number of nitrogens with zero attached hydrogens (tertiary/aromatic N) is 2. The molecule has 2 aromatic rings. The van der Waals surface area contributed by atoms with Gasteiger partial charge in [0.1, 0.15) is 5.41 Å². The Bertz CT molecular complexity index is 975. The summed E-state index contributed by atoms with van der Waals surface area (Å²) in [6, 6.07) is 16.3. The Hall–Kier alpha value is -2.10. The molecule has 0 aliphatic carbocycles. The third kappa shape index (κ3) is 3.59. The molecule has 0 radical (unpaired) electrons. The smallest absolute Gasteiger partial charge is 0.240 e. The summed E-state index contributed by atoms with van der Waals surface area (Å²) in [6.45, 7) is 0.891.